The Kier molecular flexibility index (Phi) is 13.1. The molecule has 0 heterocycles. The fraction of sp³-hybridized carbons (Fsp3) is 0.900. The fourth-order valence-electron chi connectivity index (χ4n) is 2.87. The van der Waals surface area contributed by atoms with E-state index in [9.17, 15) is 4.79 Å². The standard InChI is InChI=1S/C20H40N4O3.HI/c1-7-8-9-16(14-22-18(25)27-19(2,3)4)24-17(21-5)23-15-20(10-11-20)12-13-26-6;/h16H,7-15H2,1-6H3,(H,22,25)(H2,21,23,24);1H. The van der Waals surface area contributed by atoms with Crippen molar-refractivity contribution in [2.75, 3.05) is 33.9 Å². The first-order chi connectivity index (χ1) is 12.7. The lowest BCUT2D eigenvalue weighted by Crippen LogP contribution is -2.50. The Bertz CT molecular complexity index is 477. The number of unbranched alkanes of at least 4 members (excludes halogenated alkanes) is 1. The quantitative estimate of drug-likeness (QED) is 0.224. The van der Waals surface area contributed by atoms with Gasteiger partial charge in [0.1, 0.15) is 5.60 Å². The Hall–Kier alpha value is -0.770. The third-order valence-corrected chi connectivity index (χ3v) is 4.79. The van der Waals surface area contributed by atoms with Crippen LogP contribution in [0.5, 0.6) is 0 Å². The van der Waals surface area contributed by atoms with Gasteiger partial charge in [-0.2, -0.15) is 0 Å². The van der Waals surface area contributed by atoms with Gasteiger partial charge in [-0.05, 0) is 51.9 Å². The topological polar surface area (TPSA) is 84.0 Å². The number of amides is 1. The van der Waals surface area contributed by atoms with Gasteiger partial charge in [0.25, 0.3) is 0 Å². The van der Waals surface area contributed by atoms with Crippen LogP contribution in [0.25, 0.3) is 0 Å². The molecular formula is C20H41IN4O3. The van der Waals surface area contributed by atoms with Gasteiger partial charge in [0.15, 0.2) is 5.96 Å². The molecule has 0 aromatic rings. The van der Waals surface area contributed by atoms with E-state index in [1.165, 1.54) is 12.8 Å². The minimum atomic E-state index is -0.491. The van der Waals surface area contributed by atoms with Crippen molar-refractivity contribution in [2.24, 2.45) is 10.4 Å². The van der Waals surface area contributed by atoms with Crippen LogP contribution in [-0.4, -0.2) is 57.5 Å². The highest BCUT2D eigenvalue weighted by Gasteiger charge is 2.41. The predicted molar refractivity (Wildman–Crippen MR) is 126 cm³/mol. The van der Waals surface area contributed by atoms with E-state index in [0.29, 0.717) is 12.0 Å². The summed E-state index contributed by atoms with van der Waals surface area (Å²) in [5.41, 5.74) is -0.143. The molecule has 0 saturated heterocycles. The fourth-order valence-corrected chi connectivity index (χ4v) is 2.87. The minimum absolute atomic E-state index is 0. The first kappa shape index (κ1) is 27.2. The first-order valence-electron chi connectivity index (χ1n) is 10.2. The normalized spacial score (nSPS) is 16.6. The van der Waals surface area contributed by atoms with Crippen molar-refractivity contribution in [2.45, 2.75) is 77.9 Å². The molecule has 1 amide bonds. The molecule has 1 fully saturated rings. The number of ether oxygens (including phenoxy) is 2. The van der Waals surface area contributed by atoms with Crippen molar-refractivity contribution >= 4 is 36.0 Å². The summed E-state index contributed by atoms with van der Waals surface area (Å²) in [6.07, 6.45) is 6.32. The molecule has 8 heteroatoms. The molecular weight excluding hydrogens is 471 g/mol. The summed E-state index contributed by atoms with van der Waals surface area (Å²) in [7, 11) is 3.53. The monoisotopic (exact) mass is 512 g/mol. The molecule has 0 bridgehead atoms. The van der Waals surface area contributed by atoms with Gasteiger partial charge in [-0.15, -0.1) is 24.0 Å². The molecule has 0 aromatic carbocycles. The molecule has 1 saturated carbocycles. The zero-order valence-corrected chi connectivity index (χ0v) is 20.9. The van der Waals surface area contributed by atoms with E-state index in [-0.39, 0.29) is 36.1 Å². The maximum absolute atomic E-state index is 11.9. The Morgan fingerprint density at radius 1 is 1.25 bits per heavy atom. The number of nitrogens with zero attached hydrogens (tertiary/aromatic N) is 1. The maximum Gasteiger partial charge on any atom is 0.407 e. The van der Waals surface area contributed by atoms with Crippen molar-refractivity contribution in [1.29, 1.82) is 0 Å². The van der Waals surface area contributed by atoms with Crippen LogP contribution >= 0.6 is 24.0 Å². The Labute approximate surface area is 188 Å². The summed E-state index contributed by atoms with van der Waals surface area (Å²) in [5.74, 6) is 0.783. The molecule has 3 N–H and O–H groups in total. The zero-order chi connectivity index (χ0) is 20.3. The number of carbonyl (C=O) groups is 1. The number of aliphatic imine (C=N–C) groups is 1. The summed E-state index contributed by atoms with van der Waals surface area (Å²) >= 11 is 0. The molecule has 7 nitrogen and oxygen atoms in total. The highest BCUT2D eigenvalue weighted by molar-refractivity contribution is 14.0. The van der Waals surface area contributed by atoms with E-state index < -0.39 is 5.60 Å². The van der Waals surface area contributed by atoms with Crippen LogP contribution in [0, 0.1) is 5.41 Å². The molecule has 1 atom stereocenters. The smallest absolute Gasteiger partial charge is 0.407 e. The molecule has 1 aliphatic rings. The van der Waals surface area contributed by atoms with Gasteiger partial charge < -0.3 is 25.4 Å². The predicted octanol–water partition coefficient (Wildman–Crippen LogP) is 3.67. The second kappa shape index (κ2) is 13.5. The zero-order valence-electron chi connectivity index (χ0n) is 18.5. The molecule has 28 heavy (non-hydrogen) atoms. The van der Waals surface area contributed by atoms with Gasteiger partial charge in [0, 0.05) is 39.9 Å². The van der Waals surface area contributed by atoms with Crippen molar-refractivity contribution in [3.63, 3.8) is 0 Å². The van der Waals surface area contributed by atoms with Crippen LogP contribution in [-0.2, 0) is 9.47 Å². The number of guanidine groups is 1. The SMILES string of the molecule is CCCCC(CNC(=O)OC(C)(C)C)NC(=NC)NCC1(CCOC)CC1.I. The second-order valence-corrected chi connectivity index (χ2v) is 8.53. The van der Waals surface area contributed by atoms with Gasteiger partial charge in [0.05, 0.1) is 0 Å². The summed E-state index contributed by atoms with van der Waals surface area (Å²) in [5, 5.41) is 9.77. The van der Waals surface area contributed by atoms with Crippen LogP contribution in [0.4, 0.5) is 4.79 Å². The van der Waals surface area contributed by atoms with Crippen LogP contribution in [0.2, 0.25) is 0 Å². The van der Waals surface area contributed by atoms with Crippen molar-refractivity contribution in [3.05, 3.63) is 0 Å². The Balaban J connectivity index is 0.00000729. The third-order valence-electron chi connectivity index (χ3n) is 4.79. The number of rotatable bonds is 11. The molecule has 0 aliphatic heterocycles. The van der Waals surface area contributed by atoms with Crippen LogP contribution < -0.4 is 16.0 Å². The van der Waals surface area contributed by atoms with Crippen LogP contribution in [0.15, 0.2) is 4.99 Å². The summed E-state index contributed by atoms with van der Waals surface area (Å²) in [4.78, 5) is 16.3. The lowest BCUT2D eigenvalue weighted by Gasteiger charge is -2.25. The summed E-state index contributed by atoms with van der Waals surface area (Å²) in [6, 6.07) is 0.109. The third kappa shape index (κ3) is 11.9. The van der Waals surface area contributed by atoms with E-state index in [1.54, 1.807) is 14.2 Å². The molecule has 1 aliphatic carbocycles. The second-order valence-electron chi connectivity index (χ2n) is 8.53. The molecule has 1 rings (SSSR count). The highest BCUT2D eigenvalue weighted by Crippen LogP contribution is 2.48. The van der Waals surface area contributed by atoms with Gasteiger partial charge >= 0.3 is 6.09 Å². The number of carbonyl (C=O) groups excluding carboxylic acids is 1. The highest BCUT2D eigenvalue weighted by atomic mass is 127. The number of halogens is 1. The lowest BCUT2D eigenvalue weighted by molar-refractivity contribution is 0.0523. The van der Waals surface area contributed by atoms with Gasteiger partial charge in [-0.25, -0.2) is 4.79 Å². The number of methoxy groups -OCH3 is 1. The Morgan fingerprint density at radius 2 is 1.93 bits per heavy atom. The molecule has 1 unspecified atom stereocenters. The molecule has 166 valence electrons. The maximum atomic E-state index is 11.9. The summed E-state index contributed by atoms with van der Waals surface area (Å²) < 4.78 is 10.5. The van der Waals surface area contributed by atoms with Crippen LogP contribution in [0.3, 0.4) is 0 Å². The van der Waals surface area contributed by atoms with E-state index in [0.717, 1.165) is 44.8 Å². The number of hydrogen-bond donors (Lipinski definition) is 3. The van der Waals surface area contributed by atoms with Crippen molar-refractivity contribution in [3.8, 4) is 0 Å². The van der Waals surface area contributed by atoms with E-state index in [2.05, 4.69) is 27.9 Å². The first-order valence-corrected chi connectivity index (χ1v) is 10.2. The van der Waals surface area contributed by atoms with E-state index in [4.69, 9.17) is 9.47 Å². The number of nitrogens with one attached hydrogen (secondary N) is 3. The van der Waals surface area contributed by atoms with Gasteiger partial charge in [-0.1, -0.05) is 19.8 Å². The van der Waals surface area contributed by atoms with Crippen LogP contribution in [0.1, 0.15) is 66.2 Å². The van der Waals surface area contributed by atoms with Crippen molar-refractivity contribution in [1.82, 2.24) is 16.0 Å². The van der Waals surface area contributed by atoms with Gasteiger partial charge in [-0.3, -0.25) is 4.99 Å². The van der Waals surface area contributed by atoms with E-state index in [1.807, 2.05) is 20.8 Å². The largest absolute Gasteiger partial charge is 0.444 e. The Morgan fingerprint density at radius 3 is 2.43 bits per heavy atom. The molecule has 0 radical (unpaired) electrons. The number of alkyl carbamates (subject to hydrolysis) is 1. The average molecular weight is 512 g/mol. The van der Waals surface area contributed by atoms with Gasteiger partial charge in [0.2, 0.25) is 0 Å². The number of hydrogen-bond acceptors (Lipinski definition) is 4. The van der Waals surface area contributed by atoms with Crippen molar-refractivity contribution < 1.29 is 14.3 Å². The summed E-state index contributed by atoms with van der Waals surface area (Å²) in [6.45, 7) is 9.96. The molecule has 0 aromatic heterocycles. The lowest BCUT2D eigenvalue weighted by atomic mass is 10.0. The van der Waals surface area contributed by atoms with E-state index >= 15 is 0 Å². The molecule has 0 spiro atoms. The average Bonchev–Trinajstić information content (AvgIpc) is 3.37. The minimum Gasteiger partial charge on any atom is -0.444 e.